The summed E-state index contributed by atoms with van der Waals surface area (Å²) in [5, 5.41) is 11.6. The monoisotopic (exact) mass is 420 g/mol. The van der Waals surface area contributed by atoms with Gasteiger partial charge in [0, 0.05) is 23.9 Å². The van der Waals surface area contributed by atoms with Gasteiger partial charge in [-0.1, -0.05) is 23.5 Å². The van der Waals surface area contributed by atoms with Gasteiger partial charge < -0.3 is 10.1 Å². The molecule has 2 aromatic heterocycles. The Morgan fingerprint density at radius 1 is 1.30 bits per heavy atom. The van der Waals surface area contributed by atoms with E-state index in [0.717, 1.165) is 15.4 Å². The van der Waals surface area contributed by atoms with Gasteiger partial charge in [-0.2, -0.15) is 0 Å². The molecule has 1 aromatic carbocycles. The minimum absolute atomic E-state index is 0.118. The maximum Gasteiger partial charge on any atom is 0.253 e. The van der Waals surface area contributed by atoms with E-state index in [2.05, 4.69) is 15.5 Å². The predicted molar refractivity (Wildman–Crippen MR) is 109 cm³/mol. The van der Waals surface area contributed by atoms with Gasteiger partial charge in [-0.05, 0) is 36.8 Å². The summed E-state index contributed by atoms with van der Waals surface area (Å²) >= 11 is 7.99. The Balaban J connectivity index is 1.74. The Labute approximate surface area is 168 Å². The lowest BCUT2D eigenvalue weighted by Gasteiger charge is -2.08. The van der Waals surface area contributed by atoms with Crippen LogP contribution in [0, 0.1) is 10.9 Å². The lowest BCUT2D eigenvalue weighted by molar-refractivity contribution is -0.116. The van der Waals surface area contributed by atoms with Gasteiger partial charge in [0.1, 0.15) is 10.8 Å². The molecule has 27 heavy (non-hydrogen) atoms. The van der Waals surface area contributed by atoms with Crippen molar-refractivity contribution in [3.05, 3.63) is 49.6 Å². The first-order valence-corrected chi connectivity index (χ1v) is 10.00. The second-order valence-electron chi connectivity index (χ2n) is 5.52. The average Bonchev–Trinajstić information content (AvgIpc) is 3.05. The maximum absolute atomic E-state index is 12.5. The standard InChI is InChI=1S/C17H16N4O3S3/c1-10-19-20-16(26-10)18-14(22)6-7-21-15(23)9-13(27-17(21)25)11-4-3-5-12(8-11)24-2/h3-5,8-9H,6-7H2,1-2H3,(H,18,20,22). The highest BCUT2D eigenvalue weighted by atomic mass is 32.1. The third kappa shape index (κ3) is 4.85. The summed E-state index contributed by atoms with van der Waals surface area (Å²) in [7, 11) is 1.59. The van der Waals surface area contributed by atoms with Gasteiger partial charge in [0.05, 0.1) is 7.11 Å². The van der Waals surface area contributed by atoms with E-state index in [-0.39, 0.29) is 24.4 Å². The van der Waals surface area contributed by atoms with E-state index in [4.69, 9.17) is 17.0 Å². The summed E-state index contributed by atoms with van der Waals surface area (Å²) in [5.41, 5.74) is 0.621. The zero-order valence-corrected chi connectivity index (χ0v) is 17.0. The number of anilines is 1. The number of hydrogen-bond acceptors (Lipinski definition) is 8. The molecule has 0 saturated carbocycles. The summed E-state index contributed by atoms with van der Waals surface area (Å²) in [5.74, 6) is 0.465. The van der Waals surface area contributed by atoms with Gasteiger partial charge >= 0.3 is 0 Å². The number of carbonyl (C=O) groups excluding carboxylic acids is 1. The van der Waals surface area contributed by atoms with Gasteiger partial charge in [-0.3, -0.25) is 14.2 Å². The summed E-state index contributed by atoms with van der Waals surface area (Å²) in [6.07, 6.45) is 0.118. The smallest absolute Gasteiger partial charge is 0.253 e. The van der Waals surface area contributed by atoms with E-state index in [9.17, 15) is 9.59 Å². The minimum Gasteiger partial charge on any atom is -0.497 e. The van der Waals surface area contributed by atoms with E-state index in [0.29, 0.717) is 14.8 Å². The molecule has 0 bridgehead atoms. The molecule has 2 heterocycles. The fourth-order valence-corrected chi connectivity index (χ4v) is 4.26. The second kappa shape index (κ2) is 8.51. The van der Waals surface area contributed by atoms with Crippen LogP contribution in [0.5, 0.6) is 5.75 Å². The molecule has 140 valence electrons. The lowest BCUT2D eigenvalue weighted by atomic mass is 10.2. The minimum atomic E-state index is -0.241. The maximum atomic E-state index is 12.5. The summed E-state index contributed by atoms with van der Waals surface area (Å²) in [4.78, 5) is 25.3. The Morgan fingerprint density at radius 3 is 2.78 bits per heavy atom. The fraction of sp³-hybridized carbons (Fsp3) is 0.235. The first-order valence-electron chi connectivity index (χ1n) is 7.95. The highest BCUT2D eigenvalue weighted by molar-refractivity contribution is 7.73. The van der Waals surface area contributed by atoms with Crippen molar-refractivity contribution in [2.24, 2.45) is 0 Å². The first-order chi connectivity index (χ1) is 13.0. The number of hydrogen-bond donors (Lipinski definition) is 1. The number of carbonyl (C=O) groups is 1. The molecule has 0 unspecified atom stereocenters. The number of nitrogens with zero attached hydrogens (tertiary/aromatic N) is 3. The molecular formula is C17H16N4O3S3. The van der Waals surface area contributed by atoms with E-state index in [1.165, 1.54) is 33.3 Å². The van der Waals surface area contributed by atoms with Gasteiger partial charge in [0.15, 0.2) is 3.95 Å². The molecule has 3 aromatic rings. The van der Waals surface area contributed by atoms with Crippen molar-refractivity contribution in [3.63, 3.8) is 0 Å². The van der Waals surface area contributed by atoms with Crippen LogP contribution in [0.1, 0.15) is 11.4 Å². The first kappa shape index (κ1) is 19.3. The molecule has 10 heteroatoms. The zero-order valence-electron chi connectivity index (χ0n) is 14.6. The van der Waals surface area contributed by atoms with E-state index < -0.39 is 0 Å². The summed E-state index contributed by atoms with van der Waals surface area (Å²) in [6, 6.07) is 8.96. The van der Waals surface area contributed by atoms with Crippen molar-refractivity contribution in [1.82, 2.24) is 14.8 Å². The molecule has 0 aliphatic carbocycles. The average molecular weight is 421 g/mol. The number of aromatic nitrogens is 3. The van der Waals surface area contributed by atoms with Crippen molar-refractivity contribution in [1.29, 1.82) is 0 Å². The molecule has 1 amide bonds. The van der Waals surface area contributed by atoms with E-state index in [1.807, 2.05) is 31.2 Å². The van der Waals surface area contributed by atoms with Crippen molar-refractivity contribution >= 4 is 45.9 Å². The van der Waals surface area contributed by atoms with Crippen molar-refractivity contribution in [2.75, 3.05) is 12.4 Å². The normalized spacial score (nSPS) is 10.6. The molecule has 3 rings (SSSR count). The molecule has 0 fully saturated rings. The largest absolute Gasteiger partial charge is 0.497 e. The van der Waals surface area contributed by atoms with Crippen LogP contribution in [0.15, 0.2) is 35.1 Å². The molecule has 7 nitrogen and oxygen atoms in total. The SMILES string of the molecule is COc1cccc(-c2cc(=O)n(CCC(=O)Nc3nnc(C)s3)c(=S)s2)c1. The van der Waals surface area contributed by atoms with Crippen molar-refractivity contribution < 1.29 is 9.53 Å². The Hall–Kier alpha value is -2.43. The molecule has 0 radical (unpaired) electrons. The number of rotatable bonds is 6. The zero-order chi connectivity index (χ0) is 19.4. The molecular weight excluding hydrogens is 404 g/mol. The number of benzene rings is 1. The number of ether oxygens (including phenoxy) is 1. The highest BCUT2D eigenvalue weighted by Crippen LogP contribution is 2.26. The van der Waals surface area contributed by atoms with Crippen LogP contribution in [0.3, 0.4) is 0 Å². The van der Waals surface area contributed by atoms with Crippen LogP contribution in [-0.4, -0.2) is 27.8 Å². The van der Waals surface area contributed by atoms with Crippen molar-refractivity contribution in [2.45, 2.75) is 19.9 Å². The third-order valence-electron chi connectivity index (χ3n) is 3.63. The van der Waals surface area contributed by atoms with Gasteiger partial charge in [-0.25, -0.2) is 0 Å². The molecule has 0 saturated heterocycles. The number of amides is 1. The lowest BCUT2D eigenvalue weighted by Crippen LogP contribution is -2.22. The van der Waals surface area contributed by atoms with Crippen LogP contribution in [0.25, 0.3) is 10.4 Å². The van der Waals surface area contributed by atoms with E-state index >= 15 is 0 Å². The van der Waals surface area contributed by atoms with E-state index in [1.54, 1.807) is 7.11 Å². The van der Waals surface area contributed by atoms with Crippen molar-refractivity contribution in [3.8, 4) is 16.2 Å². The van der Waals surface area contributed by atoms with Gasteiger partial charge in [0.25, 0.3) is 5.56 Å². The van der Waals surface area contributed by atoms with Crippen LogP contribution in [0.2, 0.25) is 0 Å². The van der Waals surface area contributed by atoms with Crippen LogP contribution < -0.4 is 15.6 Å². The van der Waals surface area contributed by atoms with Crippen LogP contribution in [0.4, 0.5) is 5.13 Å². The second-order valence-corrected chi connectivity index (χ2v) is 8.38. The van der Waals surface area contributed by atoms with Crippen LogP contribution >= 0.6 is 34.9 Å². The van der Waals surface area contributed by atoms with Crippen LogP contribution in [-0.2, 0) is 11.3 Å². The topological polar surface area (TPSA) is 86.1 Å². The summed E-state index contributed by atoms with van der Waals surface area (Å²) in [6.45, 7) is 2.01. The van der Waals surface area contributed by atoms with Gasteiger partial charge in [-0.15, -0.1) is 21.5 Å². The highest BCUT2D eigenvalue weighted by Gasteiger charge is 2.10. The number of methoxy groups -OCH3 is 1. The fourth-order valence-electron chi connectivity index (χ4n) is 2.32. The third-order valence-corrected chi connectivity index (χ3v) is 5.82. The molecule has 0 spiro atoms. The molecule has 1 N–H and O–H groups in total. The molecule has 0 aliphatic rings. The van der Waals surface area contributed by atoms with Gasteiger partial charge in [0.2, 0.25) is 11.0 Å². The number of nitrogens with one attached hydrogen (secondary N) is 1. The number of aryl methyl sites for hydroxylation is 1. The Morgan fingerprint density at radius 2 is 2.11 bits per heavy atom. The predicted octanol–water partition coefficient (Wildman–Crippen LogP) is 3.50. The molecule has 0 atom stereocenters. The Bertz CT molecular complexity index is 1060. The molecule has 0 aliphatic heterocycles. The summed E-state index contributed by atoms with van der Waals surface area (Å²) < 4.78 is 7.06. The quantitative estimate of drug-likeness (QED) is 0.614. The Kier molecular flexibility index (Phi) is 6.09.